The highest BCUT2D eigenvalue weighted by atomic mass is 19.4. The lowest BCUT2D eigenvalue weighted by atomic mass is 9.85. The van der Waals surface area contributed by atoms with E-state index in [1.165, 1.54) is 0 Å². The van der Waals surface area contributed by atoms with E-state index in [-0.39, 0.29) is 6.61 Å². The lowest BCUT2D eigenvalue weighted by Crippen LogP contribution is -2.77. The van der Waals surface area contributed by atoms with Crippen LogP contribution in [0.1, 0.15) is 13.8 Å². The Balaban J connectivity index is 3.63. The first-order valence-corrected chi connectivity index (χ1v) is 9.86. The molecule has 1 heterocycles. The number of hydrogen-bond acceptors (Lipinski definition) is 2. The molecular formula is C17H13F21O2. The summed E-state index contributed by atoms with van der Waals surface area (Å²) < 4.78 is 292. The highest BCUT2D eigenvalue weighted by Gasteiger charge is 2.98. The van der Waals surface area contributed by atoms with Crippen molar-refractivity contribution in [3.63, 3.8) is 0 Å². The first-order valence-electron chi connectivity index (χ1n) is 9.86. The summed E-state index contributed by atoms with van der Waals surface area (Å²) in [6.45, 7) is -1.81. The monoisotopic (exact) mass is 648 g/mol. The highest BCUT2D eigenvalue weighted by Crippen LogP contribution is 2.66. The Morgan fingerprint density at radius 2 is 0.875 bits per heavy atom. The maximum atomic E-state index is 13.8. The average Bonchev–Trinajstić information content (AvgIpc) is 2.76. The van der Waals surface area contributed by atoms with Gasteiger partial charge in [-0.3, -0.25) is 0 Å². The van der Waals surface area contributed by atoms with Gasteiger partial charge < -0.3 is 9.47 Å². The van der Waals surface area contributed by atoms with Gasteiger partial charge in [-0.1, -0.05) is 6.92 Å². The zero-order valence-electron chi connectivity index (χ0n) is 18.9. The van der Waals surface area contributed by atoms with Crippen molar-refractivity contribution in [2.75, 3.05) is 13.2 Å². The SMILES string of the molecule is CC1COC1COC(F)(F)C(F)(F)C(F)(F)C(F)(F)C(F)(F)C(F)(F)C(F)(F)C(F)(F)C(F)(F)C(F)(F)C(C)F. The summed E-state index contributed by atoms with van der Waals surface area (Å²) in [7, 11) is 0. The van der Waals surface area contributed by atoms with Crippen LogP contribution in [0, 0.1) is 5.92 Å². The molecular weight excluding hydrogens is 635 g/mol. The highest BCUT2D eigenvalue weighted by molar-refractivity contribution is 5.18. The van der Waals surface area contributed by atoms with Crippen LogP contribution in [0.5, 0.6) is 0 Å². The molecule has 1 saturated heterocycles. The van der Waals surface area contributed by atoms with Gasteiger partial charge >= 0.3 is 59.4 Å². The maximum Gasteiger partial charge on any atom is 0.426 e. The smallest absolute Gasteiger partial charge is 0.375 e. The van der Waals surface area contributed by atoms with E-state index in [1.807, 2.05) is 0 Å². The first-order chi connectivity index (χ1) is 17.2. The van der Waals surface area contributed by atoms with Crippen LogP contribution in [0.2, 0.25) is 0 Å². The molecule has 0 spiro atoms. The van der Waals surface area contributed by atoms with Gasteiger partial charge in [-0.05, 0) is 6.92 Å². The molecule has 3 atom stereocenters. The maximum absolute atomic E-state index is 13.8. The number of ether oxygens (including phenoxy) is 2. The molecule has 0 radical (unpaired) electrons. The number of hydrogen-bond donors (Lipinski definition) is 0. The van der Waals surface area contributed by atoms with Crippen molar-refractivity contribution in [1.29, 1.82) is 0 Å². The topological polar surface area (TPSA) is 18.5 Å². The van der Waals surface area contributed by atoms with Crippen molar-refractivity contribution in [1.82, 2.24) is 0 Å². The molecule has 0 amide bonds. The zero-order valence-corrected chi connectivity index (χ0v) is 18.9. The summed E-state index contributed by atoms with van der Waals surface area (Å²) in [5.74, 6) is -78.0. The van der Waals surface area contributed by atoms with Crippen molar-refractivity contribution in [3.05, 3.63) is 0 Å². The van der Waals surface area contributed by atoms with Gasteiger partial charge in [-0.15, -0.1) is 0 Å². The molecule has 3 unspecified atom stereocenters. The molecule has 1 rings (SSSR count). The first kappa shape index (κ1) is 36.5. The van der Waals surface area contributed by atoms with Gasteiger partial charge in [0.05, 0.1) is 19.3 Å². The van der Waals surface area contributed by atoms with Crippen LogP contribution in [0.25, 0.3) is 0 Å². The molecule has 240 valence electrons. The zero-order chi connectivity index (χ0) is 32.6. The Bertz CT molecular complexity index is 911. The van der Waals surface area contributed by atoms with E-state index in [9.17, 15) is 92.2 Å². The minimum absolute atomic E-state index is 0.278. The largest absolute Gasteiger partial charge is 0.426 e. The van der Waals surface area contributed by atoms with Gasteiger partial charge in [-0.2, -0.15) is 87.8 Å². The summed E-state index contributed by atoms with van der Waals surface area (Å²) in [4.78, 5) is 0. The molecule has 23 heteroatoms. The third-order valence-corrected chi connectivity index (χ3v) is 5.68. The Kier molecular flexibility index (Phi) is 8.89. The standard InChI is InChI=1S/C17H13F21O2/c1-5-3-39-7(5)4-40-17(37,38)16(35,36)15(33,34)14(31,32)13(29,30)12(27,28)11(25,26)10(23,24)9(21,22)8(19,20)6(2)18/h5-7H,3-4H2,1-2H3. The minimum atomic E-state index is -9.16. The Morgan fingerprint density at radius 3 is 1.12 bits per heavy atom. The van der Waals surface area contributed by atoms with Crippen molar-refractivity contribution in [3.8, 4) is 0 Å². The molecule has 0 aromatic heterocycles. The average molecular weight is 648 g/mol. The van der Waals surface area contributed by atoms with Crippen molar-refractivity contribution < 1.29 is 102 Å². The third-order valence-electron chi connectivity index (χ3n) is 5.68. The third kappa shape index (κ3) is 4.54. The number of alkyl halides is 21. The van der Waals surface area contributed by atoms with E-state index in [4.69, 9.17) is 0 Å². The van der Waals surface area contributed by atoms with Gasteiger partial charge in [0.25, 0.3) is 0 Å². The lowest BCUT2D eigenvalue weighted by molar-refractivity contribution is -0.483. The molecule has 1 aliphatic rings. The summed E-state index contributed by atoms with van der Waals surface area (Å²) in [5.41, 5.74) is 0. The van der Waals surface area contributed by atoms with Crippen LogP contribution < -0.4 is 0 Å². The Hall–Kier alpha value is -1.55. The Labute approximate surface area is 207 Å². The van der Waals surface area contributed by atoms with Crippen molar-refractivity contribution in [2.24, 2.45) is 5.92 Å². The van der Waals surface area contributed by atoms with Crippen LogP contribution in [0.3, 0.4) is 0 Å². The fraction of sp³-hybridized carbons (Fsp3) is 1.00. The fourth-order valence-corrected chi connectivity index (χ4v) is 2.74. The minimum Gasteiger partial charge on any atom is -0.375 e. The summed E-state index contributed by atoms with van der Waals surface area (Å²) in [5, 5.41) is 0. The van der Waals surface area contributed by atoms with E-state index in [1.54, 1.807) is 0 Å². The van der Waals surface area contributed by atoms with Crippen LogP contribution in [-0.2, 0) is 9.47 Å². The molecule has 0 aromatic carbocycles. The van der Waals surface area contributed by atoms with Gasteiger partial charge in [0, 0.05) is 5.92 Å². The molecule has 2 nitrogen and oxygen atoms in total. The molecule has 0 saturated carbocycles. The van der Waals surface area contributed by atoms with E-state index in [2.05, 4.69) is 9.47 Å². The van der Waals surface area contributed by atoms with Crippen LogP contribution in [0.15, 0.2) is 0 Å². The lowest BCUT2D eigenvalue weighted by Gasteiger charge is -2.45. The molecule has 0 N–H and O–H groups in total. The van der Waals surface area contributed by atoms with E-state index < -0.39 is 91.1 Å². The number of halogens is 21. The van der Waals surface area contributed by atoms with Crippen molar-refractivity contribution in [2.45, 2.75) is 85.5 Å². The van der Waals surface area contributed by atoms with Gasteiger partial charge in [0.1, 0.15) is 0 Å². The van der Waals surface area contributed by atoms with E-state index in [0.717, 1.165) is 6.92 Å². The molecule has 0 aliphatic carbocycles. The normalized spacial score (nSPS) is 22.3. The predicted octanol–water partition coefficient (Wildman–Crippen LogP) is 7.71. The van der Waals surface area contributed by atoms with Crippen LogP contribution in [0.4, 0.5) is 92.2 Å². The van der Waals surface area contributed by atoms with Crippen LogP contribution in [-0.4, -0.2) is 84.9 Å². The summed E-state index contributed by atoms with van der Waals surface area (Å²) in [6, 6.07) is 0. The second kappa shape index (κ2) is 9.75. The van der Waals surface area contributed by atoms with Crippen molar-refractivity contribution >= 4 is 0 Å². The molecule has 40 heavy (non-hydrogen) atoms. The molecule has 1 fully saturated rings. The summed E-state index contributed by atoms with van der Waals surface area (Å²) in [6.07, 6.45) is -13.4. The fourth-order valence-electron chi connectivity index (χ4n) is 2.74. The molecule has 0 bridgehead atoms. The predicted molar refractivity (Wildman–Crippen MR) is 84.9 cm³/mol. The quantitative estimate of drug-likeness (QED) is 0.191. The van der Waals surface area contributed by atoms with Gasteiger partial charge in [0.2, 0.25) is 0 Å². The van der Waals surface area contributed by atoms with E-state index in [0.29, 0.717) is 0 Å². The Morgan fingerprint density at radius 1 is 0.575 bits per heavy atom. The molecule has 0 aromatic rings. The van der Waals surface area contributed by atoms with Crippen LogP contribution >= 0.6 is 0 Å². The second-order valence-electron chi connectivity index (χ2n) is 8.51. The number of rotatable bonds is 13. The molecule has 1 aliphatic heterocycles. The second-order valence-corrected chi connectivity index (χ2v) is 8.51. The van der Waals surface area contributed by atoms with Gasteiger partial charge in [0.15, 0.2) is 6.17 Å². The summed E-state index contributed by atoms with van der Waals surface area (Å²) >= 11 is 0. The van der Waals surface area contributed by atoms with Gasteiger partial charge in [-0.25, -0.2) is 4.39 Å². The van der Waals surface area contributed by atoms with E-state index >= 15 is 0 Å².